The summed E-state index contributed by atoms with van der Waals surface area (Å²) in [5.74, 6) is 0.659. The normalized spacial score (nSPS) is 21.9. The third kappa shape index (κ3) is 4.96. The van der Waals surface area contributed by atoms with Crippen LogP contribution in [0.4, 0.5) is 0 Å². The maximum absolute atomic E-state index is 12.7. The lowest BCUT2D eigenvalue weighted by atomic mass is 10.0. The standard InChI is InChI=1S/C18H27N3O3/c1-12-10-21(11-13(2)19-12)18(23)9-17(20-14(3)22)15-5-7-16(24-4)8-6-15/h5-8,12-13,17,19H,9-11H2,1-4H3,(H,20,22)/t12-,13-,17-/m0/s1. The predicted octanol–water partition coefficient (Wildman–Crippen LogP) is 1.47. The van der Waals surface area contributed by atoms with Gasteiger partial charge < -0.3 is 20.3 Å². The largest absolute Gasteiger partial charge is 0.497 e. The molecule has 0 saturated carbocycles. The van der Waals surface area contributed by atoms with Gasteiger partial charge in [0.15, 0.2) is 0 Å². The number of nitrogens with zero attached hydrogens (tertiary/aromatic N) is 1. The molecule has 0 aliphatic carbocycles. The number of ether oxygens (including phenoxy) is 1. The summed E-state index contributed by atoms with van der Waals surface area (Å²) in [5, 5.41) is 6.30. The van der Waals surface area contributed by atoms with Gasteiger partial charge in [-0.3, -0.25) is 9.59 Å². The van der Waals surface area contributed by atoms with Crippen molar-refractivity contribution in [2.75, 3.05) is 20.2 Å². The lowest BCUT2D eigenvalue weighted by molar-refractivity contribution is -0.133. The molecule has 1 aromatic carbocycles. The quantitative estimate of drug-likeness (QED) is 0.856. The Labute approximate surface area is 143 Å². The zero-order valence-corrected chi connectivity index (χ0v) is 14.8. The van der Waals surface area contributed by atoms with Gasteiger partial charge in [-0.1, -0.05) is 12.1 Å². The maximum Gasteiger partial charge on any atom is 0.225 e. The minimum Gasteiger partial charge on any atom is -0.497 e. The van der Waals surface area contributed by atoms with Crippen molar-refractivity contribution in [3.05, 3.63) is 29.8 Å². The second-order valence-electron chi connectivity index (χ2n) is 6.50. The molecule has 2 N–H and O–H groups in total. The van der Waals surface area contributed by atoms with Crippen LogP contribution in [0.3, 0.4) is 0 Å². The molecule has 0 bridgehead atoms. The number of piperazine rings is 1. The van der Waals surface area contributed by atoms with Crippen LogP contribution in [0.5, 0.6) is 5.75 Å². The number of amides is 2. The van der Waals surface area contributed by atoms with Crippen LogP contribution in [0, 0.1) is 0 Å². The number of hydrogen-bond donors (Lipinski definition) is 2. The Bertz CT molecular complexity index is 563. The molecule has 1 heterocycles. The zero-order valence-electron chi connectivity index (χ0n) is 14.8. The third-order valence-corrected chi connectivity index (χ3v) is 4.18. The van der Waals surface area contributed by atoms with Gasteiger partial charge in [-0.25, -0.2) is 0 Å². The van der Waals surface area contributed by atoms with Gasteiger partial charge in [0.1, 0.15) is 5.75 Å². The van der Waals surface area contributed by atoms with Gasteiger partial charge in [0.2, 0.25) is 11.8 Å². The van der Waals surface area contributed by atoms with Crippen molar-refractivity contribution in [3.8, 4) is 5.75 Å². The summed E-state index contributed by atoms with van der Waals surface area (Å²) in [6.07, 6.45) is 0.255. The predicted molar refractivity (Wildman–Crippen MR) is 92.8 cm³/mol. The summed E-state index contributed by atoms with van der Waals surface area (Å²) in [5.41, 5.74) is 0.899. The Hall–Kier alpha value is -2.08. The molecule has 2 amide bonds. The molecule has 1 aliphatic rings. The number of hydrogen-bond acceptors (Lipinski definition) is 4. The minimum atomic E-state index is -0.332. The summed E-state index contributed by atoms with van der Waals surface area (Å²) < 4.78 is 5.16. The molecular formula is C18H27N3O3. The number of rotatable bonds is 5. The lowest BCUT2D eigenvalue weighted by Crippen LogP contribution is -2.56. The monoisotopic (exact) mass is 333 g/mol. The number of carbonyl (C=O) groups excluding carboxylic acids is 2. The number of carbonyl (C=O) groups is 2. The van der Waals surface area contributed by atoms with E-state index in [1.165, 1.54) is 6.92 Å². The van der Waals surface area contributed by atoms with E-state index in [1.807, 2.05) is 29.2 Å². The highest BCUT2D eigenvalue weighted by Crippen LogP contribution is 2.22. The Kier molecular flexibility index (Phi) is 6.20. The summed E-state index contributed by atoms with van der Waals surface area (Å²) in [4.78, 5) is 26.1. The average Bonchev–Trinajstić information content (AvgIpc) is 2.53. The van der Waals surface area contributed by atoms with Crippen molar-refractivity contribution >= 4 is 11.8 Å². The third-order valence-electron chi connectivity index (χ3n) is 4.18. The van der Waals surface area contributed by atoms with Gasteiger partial charge in [0.05, 0.1) is 19.6 Å². The smallest absolute Gasteiger partial charge is 0.225 e. The van der Waals surface area contributed by atoms with E-state index in [9.17, 15) is 9.59 Å². The Balaban J connectivity index is 2.09. The molecule has 1 aromatic rings. The molecule has 6 nitrogen and oxygen atoms in total. The molecule has 0 aromatic heterocycles. The van der Waals surface area contributed by atoms with Crippen LogP contribution >= 0.6 is 0 Å². The highest BCUT2D eigenvalue weighted by atomic mass is 16.5. The Morgan fingerprint density at radius 2 is 1.83 bits per heavy atom. The molecule has 24 heavy (non-hydrogen) atoms. The molecule has 6 heteroatoms. The van der Waals surface area contributed by atoms with Crippen LogP contribution in [0.2, 0.25) is 0 Å². The van der Waals surface area contributed by atoms with E-state index >= 15 is 0 Å². The van der Waals surface area contributed by atoms with E-state index in [2.05, 4.69) is 24.5 Å². The van der Waals surface area contributed by atoms with Crippen molar-refractivity contribution in [2.45, 2.75) is 45.3 Å². The van der Waals surface area contributed by atoms with Crippen molar-refractivity contribution in [2.24, 2.45) is 0 Å². The Morgan fingerprint density at radius 3 is 2.33 bits per heavy atom. The fourth-order valence-electron chi connectivity index (χ4n) is 3.17. The van der Waals surface area contributed by atoms with Crippen molar-refractivity contribution in [3.63, 3.8) is 0 Å². The first kappa shape index (κ1) is 18.3. The minimum absolute atomic E-state index is 0.0600. The first-order valence-corrected chi connectivity index (χ1v) is 8.34. The molecule has 2 rings (SSSR count). The van der Waals surface area contributed by atoms with Gasteiger partial charge in [0, 0.05) is 32.1 Å². The van der Waals surface area contributed by atoms with E-state index in [4.69, 9.17) is 4.74 Å². The zero-order chi connectivity index (χ0) is 17.7. The highest BCUT2D eigenvalue weighted by Gasteiger charge is 2.27. The van der Waals surface area contributed by atoms with E-state index in [1.54, 1.807) is 7.11 Å². The van der Waals surface area contributed by atoms with Crippen molar-refractivity contribution < 1.29 is 14.3 Å². The first-order chi connectivity index (χ1) is 11.4. The average molecular weight is 333 g/mol. The first-order valence-electron chi connectivity index (χ1n) is 8.34. The van der Waals surface area contributed by atoms with E-state index in [-0.39, 0.29) is 36.4 Å². The van der Waals surface area contributed by atoms with E-state index in [0.717, 1.165) is 11.3 Å². The second kappa shape index (κ2) is 8.15. The summed E-state index contributed by atoms with van der Waals surface area (Å²) >= 11 is 0. The summed E-state index contributed by atoms with van der Waals surface area (Å²) in [7, 11) is 1.61. The molecule has 1 saturated heterocycles. The number of benzene rings is 1. The molecule has 3 atom stereocenters. The molecule has 1 fully saturated rings. The molecule has 0 spiro atoms. The van der Waals surface area contributed by atoms with Gasteiger partial charge >= 0.3 is 0 Å². The molecule has 0 radical (unpaired) electrons. The second-order valence-corrected chi connectivity index (χ2v) is 6.50. The number of methoxy groups -OCH3 is 1. The van der Waals surface area contributed by atoms with Crippen LogP contribution in [-0.2, 0) is 9.59 Å². The Morgan fingerprint density at radius 1 is 1.25 bits per heavy atom. The van der Waals surface area contributed by atoms with Gasteiger partial charge in [-0.05, 0) is 31.5 Å². The summed E-state index contributed by atoms with van der Waals surface area (Å²) in [6.45, 7) is 7.00. The number of nitrogens with one attached hydrogen (secondary N) is 2. The van der Waals surface area contributed by atoms with Crippen LogP contribution in [0.15, 0.2) is 24.3 Å². The van der Waals surface area contributed by atoms with Gasteiger partial charge in [-0.15, -0.1) is 0 Å². The summed E-state index contributed by atoms with van der Waals surface area (Å²) in [6, 6.07) is 7.66. The highest BCUT2D eigenvalue weighted by molar-refractivity contribution is 5.79. The van der Waals surface area contributed by atoms with Crippen LogP contribution in [-0.4, -0.2) is 49.0 Å². The molecule has 0 unspecified atom stereocenters. The molecule has 132 valence electrons. The van der Waals surface area contributed by atoms with Crippen LogP contribution in [0.1, 0.15) is 38.8 Å². The van der Waals surface area contributed by atoms with Gasteiger partial charge in [-0.2, -0.15) is 0 Å². The van der Waals surface area contributed by atoms with Gasteiger partial charge in [0.25, 0.3) is 0 Å². The van der Waals surface area contributed by atoms with Crippen LogP contribution in [0.25, 0.3) is 0 Å². The lowest BCUT2D eigenvalue weighted by Gasteiger charge is -2.37. The maximum atomic E-state index is 12.7. The fraction of sp³-hybridized carbons (Fsp3) is 0.556. The van der Waals surface area contributed by atoms with Crippen molar-refractivity contribution in [1.29, 1.82) is 0 Å². The fourth-order valence-corrected chi connectivity index (χ4v) is 3.17. The molecular weight excluding hydrogens is 306 g/mol. The topological polar surface area (TPSA) is 70.7 Å². The van der Waals surface area contributed by atoms with Crippen molar-refractivity contribution in [1.82, 2.24) is 15.5 Å². The van der Waals surface area contributed by atoms with Crippen LogP contribution < -0.4 is 15.4 Å². The SMILES string of the molecule is COc1ccc([C@H](CC(=O)N2C[C@H](C)N[C@@H](C)C2)NC(C)=O)cc1. The van der Waals surface area contributed by atoms with E-state index in [0.29, 0.717) is 13.1 Å². The molecule has 1 aliphatic heterocycles. The van der Waals surface area contributed by atoms with E-state index < -0.39 is 0 Å².